The lowest BCUT2D eigenvalue weighted by molar-refractivity contribution is 0.102. The molecule has 1 amide bonds. The van der Waals surface area contributed by atoms with E-state index in [1.54, 1.807) is 48.9 Å². The third kappa shape index (κ3) is 7.55. The van der Waals surface area contributed by atoms with Gasteiger partial charge in [0.15, 0.2) is 5.16 Å². The van der Waals surface area contributed by atoms with Crippen LogP contribution in [0.3, 0.4) is 0 Å². The zero-order valence-corrected chi connectivity index (χ0v) is 25.1. The molecule has 0 atom stereocenters. The smallest absolute Gasteiger partial charge is 0.258 e. The summed E-state index contributed by atoms with van der Waals surface area (Å²) in [5.74, 6) is 0.494. The van der Waals surface area contributed by atoms with Crippen molar-refractivity contribution in [1.29, 1.82) is 0 Å². The Morgan fingerprint density at radius 2 is 1.58 bits per heavy atom. The van der Waals surface area contributed by atoms with Gasteiger partial charge in [0.2, 0.25) is 5.78 Å². The van der Waals surface area contributed by atoms with Crippen molar-refractivity contribution in [2.45, 2.75) is 12.1 Å². The first-order chi connectivity index (χ1) is 20.4. The molecule has 0 aliphatic heterocycles. The second kappa shape index (κ2) is 14.4. The quantitative estimate of drug-likeness (QED) is 0.136. The number of anilines is 1. The second-order valence-corrected chi connectivity index (χ2v) is 9.71. The zero-order chi connectivity index (χ0) is 29.5. The highest BCUT2D eigenvalue weighted by atomic mass is 35.5. The highest BCUT2D eigenvalue weighted by Crippen LogP contribution is 2.31. The molecular formula is C29H23Cl2N9O2S. The van der Waals surface area contributed by atoms with E-state index in [1.165, 1.54) is 24.2 Å². The first-order valence-electron chi connectivity index (χ1n) is 12.4. The average Bonchev–Trinajstić information content (AvgIpc) is 3.41. The number of thioether (sulfide) groups is 1. The number of aryl methyl sites for hydroxylation is 1. The van der Waals surface area contributed by atoms with Crippen LogP contribution in [-0.2, 0) is 0 Å². The van der Waals surface area contributed by atoms with Crippen LogP contribution >= 0.6 is 35.8 Å². The molecule has 1 N–H and O–H groups in total. The molecule has 11 nitrogen and oxygen atoms in total. The minimum absolute atomic E-state index is 0. The first kappa shape index (κ1) is 31.2. The number of pyridine rings is 3. The van der Waals surface area contributed by atoms with Crippen LogP contribution in [0, 0.1) is 6.92 Å². The summed E-state index contributed by atoms with van der Waals surface area (Å²) in [5.41, 5.74) is 4.55. The molecule has 6 rings (SSSR count). The van der Waals surface area contributed by atoms with Gasteiger partial charge in [-0.1, -0.05) is 17.8 Å². The molecule has 0 aliphatic carbocycles. The Kier molecular flexibility index (Phi) is 10.4. The summed E-state index contributed by atoms with van der Waals surface area (Å²) >= 11 is 6.59. The SMILES string of the molecule is CSc1nccc(-c2c(-c3cccc(C)n3)nc3nc(NC(=O)c4cccnc4)ccn23)n1.Cl.O=C(Cl)c1cccnc1. The predicted molar refractivity (Wildman–Crippen MR) is 168 cm³/mol. The maximum atomic E-state index is 12.5. The van der Waals surface area contributed by atoms with E-state index in [1.807, 2.05) is 48.0 Å². The van der Waals surface area contributed by atoms with Gasteiger partial charge < -0.3 is 5.32 Å². The molecule has 14 heteroatoms. The predicted octanol–water partition coefficient (Wildman–Crippen LogP) is 5.81. The van der Waals surface area contributed by atoms with E-state index in [-0.39, 0.29) is 18.3 Å². The van der Waals surface area contributed by atoms with Crippen molar-refractivity contribution >= 4 is 58.5 Å². The summed E-state index contributed by atoms with van der Waals surface area (Å²) in [4.78, 5) is 53.5. The highest BCUT2D eigenvalue weighted by molar-refractivity contribution is 7.98. The number of amides is 1. The summed E-state index contributed by atoms with van der Waals surface area (Å²) in [6.07, 6.45) is 11.6. The molecule has 0 aromatic carbocycles. The van der Waals surface area contributed by atoms with Crippen molar-refractivity contribution in [2.75, 3.05) is 11.6 Å². The molecule has 0 fully saturated rings. The molecule has 0 aliphatic rings. The number of imidazole rings is 1. The number of aromatic nitrogens is 8. The topological polar surface area (TPSA) is 141 Å². The summed E-state index contributed by atoms with van der Waals surface area (Å²) < 4.78 is 1.84. The number of halogens is 2. The Bertz CT molecular complexity index is 1870. The van der Waals surface area contributed by atoms with Gasteiger partial charge in [0.25, 0.3) is 11.1 Å². The molecule has 0 bridgehead atoms. The third-order valence-electron chi connectivity index (χ3n) is 5.74. The van der Waals surface area contributed by atoms with Crippen LogP contribution in [0.5, 0.6) is 0 Å². The molecule has 216 valence electrons. The number of fused-ring (bicyclic) bond motifs is 1. The van der Waals surface area contributed by atoms with Crippen LogP contribution < -0.4 is 5.32 Å². The molecular weight excluding hydrogens is 609 g/mol. The first-order valence-corrected chi connectivity index (χ1v) is 14.0. The minimum Gasteiger partial charge on any atom is -0.306 e. The van der Waals surface area contributed by atoms with Crippen LogP contribution in [0.4, 0.5) is 5.82 Å². The van der Waals surface area contributed by atoms with Crippen molar-refractivity contribution < 1.29 is 9.59 Å². The minimum atomic E-state index is -0.469. The lowest BCUT2D eigenvalue weighted by Crippen LogP contribution is -2.13. The van der Waals surface area contributed by atoms with Gasteiger partial charge in [-0.25, -0.2) is 15.0 Å². The fraction of sp³-hybridized carbons (Fsp3) is 0.0690. The third-order valence-corrected chi connectivity index (χ3v) is 6.52. The second-order valence-electron chi connectivity index (χ2n) is 8.60. The molecule has 0 saturated heterocycles. The van der Waals surface area contributed by atoms with E-state index in [9.17, 15) is 9.59 Å². The van der Waals surface area contributed by atoms with Crippen LogP contribution in [0.1, 0.15) is 26.4 Å². The molecule has 0 spiro atoms. The summed E-state index contributed by atoms with van der Waals surface area (Å²) in [6, 6.07) is 16.0. The number of nitrogens with one attached hydrogen (secondary N) is 1. The van der Waals surface area contributed by atoms with Crippen molar-refractivity contribution in [3.05, 3.63) is 109 Å². The maximum Gasteiger partial charge on any atom is 0.258 e. The Balaban J connectivity index is 0.000000365. The van der Waals surface area contributed by atoms with Gasteiger partial charge in [0.05, 0.1) is 22.5 Å². The average molecular weight is 633 g/mol. The normalized spacial score (nSPS) is 10.3. The van der Waals surface area contributed by atoms with E-state index < -0.39 is 5.24 Å². The highest BCUT2D eigenvalue weighted by Gasteiger charge is 2.20. The molecule has 43 heavy (non-hydrogen) atoms. The monoisotopic (exact) mass is 631 g/mol. The molecule has 6 aromatic rings. The number of hydrogen-bond donors (Lipinski definition) is 1. The van der Waals surface area contributed by atoms with Crippen molar-refractivity contribution in [3.63, 3.8) is 0 Å². The van der Waals surface area contributed by atoms with Gasteiger partial charge in [-0.15, -0.1) is 12.4 Å². The van der Waals surface area contributed by atoms with Gasteiger partial charge in [-0.3, -0.25) is 28.9 Å². The van der Waals surface area contributed by atoms with Crippen molar-refractivity contribution in [1.82, 2.24) is 39.3 Å². The molecule has 0 saturated carbocycles. The zero-order valence-electron chi connectivity index (χ0n) is 22.7. The summed E-state index contributed by atoms with van der Waals surface area (Å²) in [5, 5.41) is 2.98. The Labute approximate surface area is 261 Å². The van der Waals surface area contributed by atoms with E-state index in [0.29, 0.717) is 45.0 Å². The lowest BCUT2D eigenvalue weighted by Gasteiger charge is -2.07. The van der Waals surface area contributed by atoms with Gasteiger partial charge in [-0.2, -0.15) is 4.98 Å². The fourth-order valence-electron chi connectivity index (χ4n) is 3.83. The lowest BCUT2D eigenvalue weighted by atomic mass is 10.1. The van der Waals surface area contributed by atoms with E-state index in [2.05, 4.69) is 35.2 Å². The van der Waals surface area contributed by atoms with E-state index in [4.69, 9.17) is 16.6 Å². The number of carbonyl (C=O) groups is 2. The summed E-state index contributed by atoms with van der Waals surface area (Å²) in [6.45, 7) is 1.93. The Morgan fingerprint density at radius 1 is 0.837 bits per heavy atom. The van der Waals surface area contributed by atoms with Crippen LogP contribution in [0.25, 0.3) is 28.6 Å². The fourth-order valence-corrected chi connectivity index (χ4v) is 4.30. The number of hydrogen-bond acceptors (Lipinski definition) is 10. The summed E-state index contributed by atoms with van der Waals surface area (Å²) in [7, 11) is 0. The molecule has 0 unspecified atom stereocenters. The largest absolute Gasteiger partial charge is 0.306 e. The van der Waals surface area contributed by atoms with E-state index >= 15 is 0 Å². The molecule has 6 aromatic heterocycles. The van der Waals surface area contributed by atoms with Gasteiger partial charge >= 0.3 is 0 Å². The molecule has 6 heterocycles. The van der Waals surface area contributed by atoms with Crippen LogP contribution in [-0.4, -0.2) is 56.7 Å². The van der Waals surface area contributed by atoms with Crippen LogP contribution in [0.2, 0.25) is 0 Å². The standard InChI is InChI=1S/C23H18N8OS.C6H4ClNO.ClH/c1-14-5-3-7-16(26-14)19-20(17-8-11-25-23(27-17)33-2)31-12-9-18(29-22(31)30-19)28-21(32)15-6-4-10-24-13-15;7-6(9)5-2-1-3-8-4-5;/h3-13H,1-2H3,(H,28,29,30,32);1-4H;1H. The van der Waals surface area contributed by atoms with Crippen LogP contribution in [0.15, 0.2) is 96.9 Å². The molecule has 0 radical (unpaired) electrons. The van der Waals surface area contributed by atoms with E-state index in [0.717, 1.165) is 11.4 Å². The maximum absolute atomic E-state index is 12.5. The van der Waals surface area contributed by atoms with Gasteiger partial charge in [0.1, 0.15) is 17.2 Å². The van der Waals surface area contributed by atoms with Gasteiger partial charge in [0, 0.05) is 42.9 Å². The van der Waals surface area contributed by atoms with Gasteiger partial charge in [-0.05, 0) is 73.3 Å². The Hall–Kier alpha value is -4.78. The number of nitrogens with zero attached hydrogens (tertiary/aromatic N) is 8. The van der Waals surface area contributed by atoms with Crippen molar-refractivity contribution in [2.24, 2.45) is 0 Å². The Morgan fingerprint density at radius 3 is 2.21 bits per heavy atom. The van der Waals surface area contributed by atoms with Crippen molar-refractivity contribution in [3.8, 4) is 22.8 Å². The number of carbonyl (C=O) groups excluding carboxylic acids is 2. The number of rotatable bonds is 6.